The van der Waals surface area contributed by atoms with Gasteiger partial charge >= 0.3 is 0 Å². The van der Waals surface area contributed by atoms with E-state index in [0.717, 1.165) is 24.3 Å². The minimum Gasteiger partial charge on any atom is -0.480 e. The molecule has 0 bridgehead atoms. The second kappa shape index (κ2) is 10.9. The van der Waals surface area contributed by atoms with Crippen molar-refractivity contribution in [2.24, 2.45) is 5.92 Å². The van der Waals surface area contributed by atoms with Crippen LogP contribution in [0, 0.1) is 17.6 Å². The standard InChI is InChI=1S/C25H22ClF2N5O5S/c1-13(23(34)29-2)11-33-12-31-22-17(25(33)35)6-14(7-19(22)28)15-8-20(24(38-3)30-10-15)32-39(36,37)21-5-4-16(27)9-18(21)26/h4-10,12-13,32H,11H2,1-3H3,(H,29,34). The molecule has 0 saturated heterocycles. The molecule has 0 aliphatic rings. The van der Waals surface area contributed by atoms with Crippen LogP contribution in [0.25, 0.3) is 22.0 Å². The van der Waals surface area contributed by atoms with E-state index in [9.17, 15) is 22.4 Å². The van der Waals surface area contributed by atoms with Crippen LogP contribution < -0.4 is 20.3 Å². The summed E-state index contributed by atoms with van der Waals surface area (Å²) in [5, 5.41) is 2.12. The number of hydrogen-bond acceptors (Lipinski definition) is 7. The quantitative estimate of drug-likeness (QED) is 0.327. The van der Waals surface area contributed by atoms with Crippen molar-refractivity contribution in [3.8, 4) is 17.0 Å². The largest absolute Gasteiger partial charge is 0.480 e. The number of carbonyl (C=O) groups excluding carboxylic acids is 1. The van der Waals surface area contributed by atoms with E-state index in [0.29, 0.717) is 0 Å². The number of sulfonamides is 1. The average Bonchev–Trinajstić information content (AvgIpc) is 2.89. The lowest BCUT2D eigenvalue weighted by molar-refractivity contribution is -0.124. The van der Waals surface area contributed by atoms with E-state index in [1.165, 1.54) is 43.4 Å². The number of hydrogen-bond donors (Lipinski definition) is 2. The molecule has 0 aliphatic heterocycles. The van der Waals surface area contributed by atoms with Gasteiger partial charge in [0, 0.05) is 25.4 Å². The highest BCUT2D eigenvalue weighted by atomic mass is 35.5. The third kappa shape index (κ3) is 5.68. The zero-order chi connectivity index (χ0) is 28.5. The predicted molar refractivity (Wildman–Crippen MR) is 141 cm³/mol. The number of carbonyl (C=O) groups is 1. The fraction of sp³-hybridized carbons (Fsp3) is 0.200. The van der Waals surface area contributed by atoms with E-state index < -0.39 is 33.1 Å². The van der Waals surface area contributed by atoms with Crippen LogP contribution in [0.15, 0.2) is 58.6 Å². The molecule has 2 heterocycles. The van der Waals surface area contributed by atoms with Gasteiger partial charge in [0.25, 0.3) is 15.6 Å². The summed E-state index contributed by atoms with van der Waals surface area (Å²) in [5.41, 5.74) is -0.399. The Balaban J connectivity index is 1.78. The Morgan fingerprint density at radius 3 is 2.56 bits per heavy atom. The van der Waals surface area contributed by atoms with Crippen molar-refractivity contribution in [2.75, 3.05) is 18.9 Å². The summed E-state index contributed by atoms with van der Waals surface area (Å²) in [4.78, 5) is 32.8. The summed E-state index contributed by atoms with van der Waals surface area (Å²) >= 11 is 5.93. The van der Waals surface area contributed by atoms with Gasteiger partial charge in [-0.15, -0.1) is 0 Å². The molecular formula is C25H22ClF2N5O5S. The van der Waals surface area contributed by atoms with Gasteiger partial charge in [0.2, 0.25) is 11.8 Å². The first-order chi connectivity index (χ1) is 18.4. The van der Waals surface area contributed by atoms with Crippen LogP contribution in [0.5, 0.6) is 5.88 Å². The normalized spacial score (nSPS) is 12.3. The summed E-state index contributed by atoms with van der Waals surface area (Å²) in [6, 6.07) is 6.67. The van der Waals surface area contributed by atoms with Gasteiger partial charge in [-0.3, -0.25) is 18.9 Å². The lowest BCUT2D eigenvalue weighted by Gasteiger charge is -2.14. The van der Waals surface area contributed by atoms with E-state index in [2.05, 4.69) is 20.0 Å². The van der Waals surface area contributed by atoms with Crippen molar-refractivity contribution in [2.45, 2.75) is 18.4 Å². The Morgan fingerprint density at radius 2 is 1.90 bits per heavy atom. The van der Waals surface area contributed by atoms with Gasteiger partial charge in [-0.05, 0) is 42.0 Å². The van der Waals surface area contributed by atoms with Crippen molar-refractivity contribution in [3.63, 3.8) is 0 Å². The third-order valence-electron chi connectivity index (χ3n) is 5.85. The molecule has 1 atom stereocenters. The van der Waals surface area contributed by atoms with Crippen LogP contribution in [0.3, 0.4) is 0 Å². The molecule has 4 rings (SSSR count). The summed E-state index contributed by atoms with van der Waals surface area (Å²) in [6.45, 7) is 1.66. The molecule has 2 aromatic carbocycles. The fourth-order valence-corrected chi connectivity index (χ4v) is 5.47. The molecule has 0 spiro atoms. The molecule has 1 unspecified atom stereocenters. The van der Waals surface area contributed by atoms with Crippen LogP contribution in [0.2, 0.25) is 5.02 Å². The van der Waals surface area contributed by atoms with Crippen LogP contribution >= 0.6 is 11.6 Å². The maximum absolute atomic E-state index is 15.0. The van der Waals surface area contributed by atoms with Crippen LogP contribution in [-0.2, 0) is 21.4 Å². The molecule has 0 radical (unpaired) electrons. The Bertz CT molecular complexity index is 1760. The molecule has 14 heteroatoms. The fourth-order valence-electron chi connectivity index (χ4n) is 3.89. The van der Waals surface area contributed by atoms with Gasteiger partial charge in [0.1, 0.15) is 27.7 Å². The molecule has 4 aromatic rings. The molecule has 0 saturated carbocycles. The summed E-state index contributed by atoms with van der Waals surface area (Å²) < 4.78 is 63.1. The molecule has 204 valence electrons. The van der Waals surface area contributed by atoms with E-state index in [-0.39, 0.29) is 56.0 Å². The molecule has 39 heavy (non-hydrogen) atoms. The first-order valence-electron chi connectivity index (χ1n) is 11.4. The number of halogens is 3. The molecule has 2 N–H and O–H groups in total. The lowest BCUT2D eigenvalue weighted by Crippen LogP contribution is -2.32. The molecule has 2 aromatic heterocycles. The Hall–Kier alpha value is -4.10. The predicted octanol–water partition coefficient (Wildman–Crippen LogP) is 3.58. The number of aromatic nitrogens is 3. The number of amides is 1. The Morgan fingerprint density at radius 1 is 1.15 bits per heavy atom. The minimum atomic E-state index is -4.31. The SMILES string of the molecule is CNC(=O)C(C)Cn1cnc2c(F)cc(-c3cnc(OC)c(NS(=O)(=O)c4ccc(F)cc4Cl)c3)cc2c1=O. The van der Waals surface area contributed by atoms with Crippen molar-refractivity contribution < 1.29 is 26.7 Å². The minimum absolute atomic E-state index is 0.0231. The van der Waals surface area contributed by atoms with Crippen LogP contribution in [0.4, 0.5) is 14.5 Å². The number of pyridine rings is 1. The van der Waals surface area contributed by atoms with E-state index in [1.807, 2.05) is 0 Å². The van der Waals surface area contributed by atoms with Crippen molar-refractivity contribution >= 4 is 44.1 Å². The summed E-state index contributed by atoms with van der Waals surface area (Å²) in [7, 11) is -1.56. The number of methoxy groups -OCH3 is 1. The van der Waals surface area contributed by atoms with Gasteiger partial charge in [-0.2, -0.15) is 0 Å². The maximum atomic E-state index is 15.0. The topological polar surface area (TPSA) is 132 Å². The number of nitrogens with zero attached hydrogens (tertiary/aromatic N) is 3. The first-order valence-corrected chi connectivity index (χ1v) is 13.2. The molecule has 1 amide bonds. The molecular weight excluding hydrogens is 556 g/mol. The zero-order valence-electron chi connectivity index (χ0n) is 20.8. The van der Waals surface area contributed by atoms with Crippen LogP contribution in [-0.4, -0.2) is 43.0 Å². The number of anilines is 1. The monoisotopic (exact) mass is 577 g/mol. The van der Waals surface area contributed by atoms with E-state index in [4.69, 9.17) is 16.3 Å². The summed E-state index contributed by atoms with van der Waals surface area (Å²) in [5.74, 6) is -2.43. The van der Waals surface area contributed by atoms with E-state index in [1.54, 1.807) is 6.92 Å². The van der Waals surface area contributed by atoms with Gasteiger partial charge in [-0.1, -0.05) is 18.5 Å². The zero-order valence-corrected chi connectivity index (χ0v) is 22.4. The van der Waals surface area contributed by atoms with Crippen molar-refractivity contribution in [1.82, 2.24) is 19.9 Å². The van der Waals surface area contributed by atoms with Crippen molar-refractivity contribution in [3.05, 3.63) is 75.9 Å². The lowest BCUT2D eigenvalue weighted by atomic mass is 10.0. The smallest absolute Gasteiger partial charge is 0.263 e. The number of nitrogens with one attached hydrogen (secondary N) is 2. The number of rotatable bonds is 8. The highest BCUT2D eigenvalue weighted by Gasteiger charge is 2.22. The second-order valence-electron chi connectivity index (χ2n) is 8.53. The van der Waals surface area contributed by atoms with E-state index >= 15 is 4.39 Å². The van der Waals surface area contributed by atoms with Crippen LogP contribution in [0.1, 0.15) is 6.92 Å². The number of ether oxygens (including phenoxy) is 1. The highest BCUT2D eigenvalue weighted by molar-refractivity contribution is 7.92. The van der Waals surface area contributed by atoms with Gasteiger partial charge in [-0.25, -0.2) is 27.2 Å². The molecule has 10 nitrogen and oxygen atoms in total. The molecule has 0 aliphatic carbocycles. The summed E-state index contributed by atoms with van der Waals surface area (Å²) in [6.07, 6.45) is 2.49. The molecule has 0 fully saturated rings. The first kappa shape index (κ1) is 27.9. The van der Waals surface area contributed by atoms with Gasteiger partial charge < -0.3 is 10.1 Å². The third-order valence-corrected chi connectivity index (χ3v) is 7.70. The Labute approximate surface area is 226 Å². The Kier molecular flexibility index (Phi) is 7.84. The van der Waals surface area contributed by atoms with Gasteiger partial charge in [0.05, 0.1) is 29.8 Å². The van der Waals surface area contributed by atoms with Gasteiger partial charge in [0.15, 0.2) is 0 Å². The van der Waals surface area contributed by atoms with Crippen molar-refractivity contribution in [1.29, 1.82) is 0 Å². The average molecular weight is 578 g/mol. The number of fused-ring (bicyclic) bond motifs is 1. The maximum Gasteiger partial charge on any atom is 0.263 e. The second-order valence-corrected chi connectivity index (χ2v) is 10.6. The highest BCUT2D eigenvalue weighted by Crippen LogP contribution is 2.33. The number of benzene rings is 2.